The molecule has 1 saturated carbocycles. The molecule has 2 aliphatic rings. The van der Waals surface area contributed by atoms with Gasteiger partial charge in [0.2, 0.25) is 6.79 Å². The molecule has 0 saturated heterocycles. The number of nitrogens with zero attached hydrogens (tertiary/aromatic N) is 2. The molecule has 1 aromatic heterocycles. The summed E-state index contributed by atoms with van der Waals surface area (Å²) in [4.78, 5) is 7.03. The molecule has 1 aliphatic heterocycles. The number of aromatic nitrogens is 1. The van der Waals surface area contributed by atoms with Gasteiger partial charge in [0.05, 0.1) is 5.52 Å². The van der Waals surface area contributed by atoms with Gasteiger partial charge in [0.15, 0.2) is 11.5 Å². The SMILES string of the molecule is CN(C)c1cc(N[C@H]2CC[C@@H](CNCc3ccc4c(c3)OCO4)CC2)nc2ccccc12. The first kappa shape index (κ1) is 20.9. The van der Waals surface area contributed by atoms with E-state index in [2.05, 4.69) is 72.1 Å². The van der Waals surface area contributed by atoms with Crippen LogP contribution in [0.5, 0.6) is 11.5 Å². The molecule has 6 nitrogen and oxygen atoms in total. The van der Waals surface area contributed by atoms with E-state index in [1.54, 1.807) is 0 Å². The van der Waals surface area contributed by atoms with Crippen LogP contribution in [0.3, 0.4) is 0 Å². The maximum atomic E-state index is 5.48. The Morgan fingerprint density at radius 3 is 2.62 bits per heavy atom. The van der Waals surface area contributed by atoms with Gasteiger partial charge in [0, 0.05) is 43.8 Å². The van der Waals surface area contributed by atoms with Gasteiger partial charge in [-0.05, 0) is 61.9 Å². The summed E-state index contributed by atoms with van der Waals surface area (Å²) in [6.45, 7) is 2.25. The van der Waals surface area contributed by atoms with Gasteiger partial charge in [0.1, 0.15) is 5.82 Å². The summed E-state index contributed by atoms with van der Waals surface area (Å²) in [5.41, 5.74) is 3.49. The van der Waals surface area contributed by atoms with Crippen LogP contribution < -0.4 is 25.0 Å². The molecule has 0 spiro atoms. The second kappa shape index (κ2) is 9.25. The van der Waals surface area contributed by atoms with Crippen molar-refractivity contribution >= 4 is 22.4 Å². The molecule has 168 valence electrons. The summed E-state index contributed by atoms with van der Waals surface area (Å²) in [6.07, 6.45) is 4.84. The second-order valence-corrected chi connectivity index (χ2v) is 9.12. The standard InChI is InChI=1S/C26H32N4O2/c1-30(2)23-14-26(29-22-6-4-3-5-21(22)23)28-20-10-7-18(8-11-20)15-27-16-19-9-12-24-25(13-19)32-17-31-24/h3-6,9,12-14,18,20,27H,7-8,10-11,15-17H2,1-2H3,(H,28,29)/t18-,20+. The summed E-state index contributed by atoms with van der Waals surface area (Å²) >= 11 is 0. The predicted octanol–water partition coefficient (Wildman–Crippen LogP) is 4.79. The molecular weight excluding hydrogens is 400 g/mol. The highest BCUT2D eigenvalue weighted by atomic mass is 16.7. The Balaban J connectivity index is 1.12. The summed E-state index contributed by atoms with van der Waals surface area (Å²) < 4.78 is 10.9. The number of anilines is 2. The molecule has 0 amide bonds. The smallest absolute Gasteiger partial charge is 0.231 e. The average molecular weight is 433 g/mol. The number of para-hydroxylation sites is 1. The highest BCUT2D eigenvalue weighted by Crippen LogP contribution is 2.33. The van der Waals surface area contributed by atoms with Crippen LogP contribution >= 0.6 is 0 Å². The van der Waals surface area contributed by atoms with Crippen molar-refractivity contribution in [2.24, 2.45) is 5.92 Å². The molecule has 6 heteroatoms. The zero-order valence-electron chi connectivity index (χ0n) is 18.9. The predicted molar refractivity (Wildman–Crippen MR) is 130 cm³/mol. The molecule has 0 bridgehead atoms. The number of hydrogen-bond acceptors (Lipinski definition) is 6. The Bertz CT molecular complexity index is 1080. The van der Waals surface area contributed by atoms with Gasteiger partial charge in [0.25, 0.3) is 0 Å². The van der Waals surface area contributed by atoms with E-state index in [0.29, 0.717) is 12.8 Å². The van der Waals surface area contributed by atoms with Crippen LogP contribution in [0.4, 0.5) is 11.5 Å². The molecule has 2 N–H and O–H groups in total. The molecule has 2 heterocycles. The van der Waals surface area contributed by atoms with Gasteiger partial charge in [-0.2, -0.15) is 0 Å². The van der Waals surface area contributed by atoms with Gasteiger partial charge >= 0.3 is 0 Å². The monoisotopic (exact) mass is 432 g/mol. The number of ether oxygens (including phenoxy) is 2. The normalized spacial score (nSPS) is 19.8. The Labute approximate surface area is 189 Å². The molecule has 0 unspecified atom stereocenters. The Morgan fingerprint density at radius 2 is 1.78 bits per heavy atom. The van der Waals surface area contributed by atoms with Gasteiger partial charge in [-0.15, -0.1) is 0 Å². The van der Waals surface area contributed by atoms with Crippen LogP contribution in [-0.2, 0) is 6.54 Å². The fourth-order valence-corrected chi connectivity index (χ4v) is 4.79. The third kappa shape index (κ3) is 4.60. The van der Waals surface area contributed by atoms with Crippen molar-refractivity contribution in [2.75, 3.05) is 37.6 Å². The van der Waals surface area contributed by atoms with Crippen LogP contribution in [0.25, 0.3) is 10.9 Å². The zero-order chi connectivity index (χ0) is 21.9. The number of benzene rings is 2. The number of fused-ring (bicyclic) bond motifs is 2. The maximum Gasteiger partial charge on any atom is 0.231 e. The van der Waals surface area contributed by atoms with E-state index in [1.807, 2.05) is 6.07 Å². The number of pyridine rings is 1. The fraction of sp³-hybridized carbons (Fsp3) is 0.423. The lowest BCUT2D eigenvalue weighted by molar-refractivity contribution is 0.174. The van der Waals surface area contributed by atoms with Crippen molar-refractivity contribution in [3.05, 3.63) is 54.1 Å². The Hall–Kier alpha value is -2.99. The van der Waals surface area contributed by atoms with E-state index in [4.69, 9.17) is 14.5 Å². The third-order valence-electron chi connectivity index (χ3n) is 6.57. The third-order valence-corrected chi connectivity index (χ3v) is 6.57. The van der Waals surface area contributed by atoms with Gasteiger partial charge in [-0.1, -0.05) is 24.3 Å². The van der Waals surface area contributed by atoms with Gasteiger partial charge in [-0.3, -0.25) is 0 Å². The number of hydrogen-bond donors (Lipinski definition) is 2. The van der Waals surface area contributed by atoms with E-state index < -0.39 is 0 Å². The first-order valence-electron chi connectivity index (χ1n) is 11.6. The van der Waals surface area contributed by atoms with Crippen molar-refractivity contribution in [2.45, 2.75) is 38.3 Å². The molecule has 3 aromatic rings. The van der Waals surface area contributed by atoms with E-state index in [1.165, 1.54) is 42.3 Å². The average Bonchev–Trinajstić information content (AvgIpc) is 3.27. The maximum absolute atomic E-state index is 5.48. The highest BCUT2D eigenvalue weighted by molar-refractivity contribution is 5.93. The fourth-order valence-electron chi connectivity index (χ4n) is 4.79. The minimum absolute atomic E-state index is 0.328. The van der Waals surface area contributed by atoms with Crippen LogP contribution in [0.15, 0.2) is 48.5 Å². The number of nitrogens with one attached hydrogen (secondary N) is 2. The lowest BCUT2D eigenvalue weighted by atomic mass is 9.86. The Kier molecular flexibility index (Phi) is 6.04. The van der Waals surface area contributed by atoms with Crippen LogP contribution in [0.1, 0.15) is 31.2 Å². The first-order valence-corrected chi connectivity index (χ1v) is 11.6. The van der Waals surface area contributed by atoms with Crippen molar-refractivity contribution in [1.82, 2.24) is 10.3 Å². The van der Waals surface area contributed by atoms with Crippen molar-refractivity contribution in [1.29, 1.82) is 0 Å². The molecular formula is C26H32N4O2. The van der Waals surface area contributed by atoms with E-state index in [9.17, 15) is 0 Å². The zero-order valence-corrected chi connectivity index (χ0v) is 18.9. The van der Waals surface area contributed by atoms with Gasteiger partial charge < -0.3 is 25.0 Å². The van der Waals surface area contributed by atoms with Crippen LogP contribution in [0, 0.1) is 5.92 Å². The molecule has 0 atom stereocenters. The van der Waals surface area contributed by atoms with Gasteiger partial charge in [-0.25, -0.2) is 4.98 Å². The second-order valence-electron chi connectivity index (χ2n) is 9.12. The van der Waals surface area contributed by atoms with E-state index in [0.717, 1.165) is 41.8 Å². The van der Waals surface area contributed by atoms with Crippen LogP contribution in [-0.4, -0.2) is 38.5 Å². The minimum atomic E-state index is 0.328. The molecule has 1 fully saturated rings. The molecule has 1 aliphatic carbocycles. The van der Waals surface area contributed by atoms with Crippen molar-refractivity contribution in [3.8, 4) is 11.5 Å². The summed E-state index contributed by atoms with van der Waals surface area (Å²) in [6, 6.07) is 17.2. The van der Waals surface area contributed by atoms with E-state index >= 15 is 0 Å². The quantitative estimate of drug-likeness (QED) is 0.560. The molecule has 0 radical (unpaired) electrons. The molecule has 5 rings (SSSR count). The summed E-state index contributed by atoms with van der Waals surface area (Å²) in [7, 11) is 4.18. The van der Waals surface area contributed by atoms with Crippen molar-refractivity contribution < 1.29 is 9.47 Å². The largest absolute Gasteiger partial charge is 0.454 e. The lowest BCUT2D eigenvalue weighted by Gasteiger charge is -2.30. The molecule has 32 heavy (non-hydrogen) atoms. The topological polar surface area (TPSA) is 58.7 Å². The first-order chi connectivity index (χ1) is 15.7. The van der Waals surface area contributed by atoms with E-state index in [-0.39, 0.29) is 0 Å². The lowest BCUT2D eigenvalue weighted by Crippen LogP contribution is -2.31. The van der Waals surface area contributed by atoms with Crippen molar-refractivity contribution in [3.63, 3.8) is 0 Å². The number of rotatable bonds is 7. The summed E-state index contributed by atoms with van der Waals surface area (Å²) in [5, 5.41) is 8.54. The minimum Gasteiger partial charge on any atom is -0.454 e. The molecule has 2 aromatic carbocycles. The highest BCUT2D eigenvalue weighted by Gasteiger charge is 2.22. The Morgan fingerprint density at radius 1 is 0.969 bits per heavy atom. The summed E-state index contributed by atoms with van der Waals surface area (Å²) in [5.74, 6) is 3.41. The van der Waals surface area contributed by atoms with Crippen LogP contribution in [0.2, 0.25) is 0 Å².